The summed E-state index contributed by atoms with van der Waals surface area (Å²) in [5.41, 5.74) is -9.68. The SMILES string of the molecule is CCC(=O)[O-].CCC(=O)[O-].CCC(CC)(C(=O)O)C(O)(CC(=O)O)C(=O)O.CCC(CC)(C(=O)O)C(O)(CC(=O)O)C(=O)O.[Zr+2]. The van der Waals surface area contributed by atoms with Crippen LogP contribution in [0.4, 0.5) is 0 Å². The first-order chi connectivity index (χ1) is 19.9. The van der Waals surface area contributed by atoms with E-state index in [1.54, 1.807) is 0 Å². The Morgan fingerprint density at radius 1 is 0.467 bits per heavy atom. The number of carboxylic acid groups (broad SMARTS) is 8. The van der Waals surface area contributed by atoms with Gasteiger partial charge in [0.1, 0.15) is 10.8 Å². The van der Waals surface area contributed by atoms with Crippen LogP contribution in [0.2, 0.25) is 0 Å². The normalized spacial score (nSPS) is 13.0. The molecule has 0 aromatic heterocycles. The molecule has 8 N–H and O–H groups in total. The molecule has 0 heterocycles. The standard InChI is InChI=1S/2C10H16O7.2C3H6O2.Zr/c2*1-3-9(4-2,7(13)14)10(17,8(15)16)5-6(11)12;2*1-2-3(4)5;/h2*17H,3-5H2,1-2H3,(H,11,12)(H,13,14)(H,15,16);2*2H2,1H3,(H,4,5);/q;;;;+2/p-2. The molecule has 0 bridgehead atoms. The van der Waals surface area contributed by atoms with Crippen molar-refractivity contribution in [2.24, 2.45) is 10.8 Å². The van der Waals surface area contributed by atoms with Crippen LogP contribution in [0.25, 0.3) is 0 Å². The zero-order valence-corrected chi connectivity index (χ0v) is 28.3. The Balaban J connectivity index is -0.000000179. The van der Waals surface area contributed by atoms with Crippen molar-refractivity contribution in [3.05, 3.63) is 0 Å². The Labute approximate surface area is 277 Å². The second kappa shape index (κ2) is 23.0. The van der Waals surface area contributed by atoms with Crippen molar-refractivity contribution in [3.63, 3.8) is 0 Å². The quantitative estimate of drug-likeness (QED) is 0.0906. The molecule has 258 valence electrons. The molecule has 0 aromatic rings. The largest absolute Gasteiger partial charge is 2.00 e. The van der Waals surface area contributed by atoms with Gasteiger partial charge in [-0.2, -0.15) is 0 Å². The molecule has 0 aliphatic carbocycles. The summed E-state index contributed by atoms with van der Waals surface area (Å²) in [5.74, 6) is -11.8. The molecule has 45 heavy (non-hydrogen) atoms. The minimum Gasteiger partial charge on any atom is -0.550 e. The minimum absolute atomic E-state index is 0. The van der Waals surface area contributed by atoms with E-state index >= 15 is 0 Å². The summed E-state index contributed by atoms with van der Waals surface area (Å²) in [6.45, 7) is 8.66. The Morgan fingerprint density at radius 3 is 0.711 bits per heavy atom. The first-order valence-corrected chi connectivity index (χ1v) is 13.1. The van der Waals surface area contributed by atoms with Gasteiger partial charge in [-0.05, 0) is 38.5 Å². The number of rotatable bonds is 16. The fourth-order valence-corrected chi connectivity index (χ4v) is 3.97. The molecule has 0 saturated carbocycles. The van der Waals surface area contributed by atoms with Crippen molar-refractivity contribution in [2.45, 2.75) is 104 Å². The smallest absolute Gasteiger partial charge is 0.550 e. The van der Waals surface area contributed by atoms with Gasteiger partial charge in [0, 0.05) is 11.9 Å². The summed E-state index contributed by atoms with van der Waals surface area (Å²) in [6, 6.07) is 0. The van der Waals surface area contributed by atoms with Crippen LogP contribution in [0.5, 0.6) is 0 Å². The zero-order chi connectivity index (χ0) is 36.3. The molecule has 0 saturated heterocycles. The van der Waals surface area contributed by atoms with E-state index in [4.69, 9.17) is 30.6 Å². The first kappa shape index (κ1) is 51.2. The fraction of sp³-hybridized carbons (Fsp3) is 0.692. The number of carboxylic acids is 8. The van der Waals surface area contributed by atoms with Crippen molar-refractivity contribution in [3.8, 4) is 0 Å². The van der Waals surface area contributed by atoms with E-state index in [1.165, 1.54) is 41.5 Å². The van der Waals surface area contributed by atoms with Crippen LogP contribution in [-0.4, -0.2) is 99.8 Å². The van der Waals surface area contributed by atoms with Crippen LogP contribution in [0, 0.1) is 10.8 Å². The summed E-state index contributed by atoms with van der Waals surface area (Å²) < 4.78 is 0. The van der Waals surface area contributed by atoms with Gasteiger partial charge in [0.15, 0.2) is 11.2 Å². The molecule has 0 radical (unpaired) electrons. The fourth-order valence-electron chi connectivity index (χ4n) is 3.97. The van der Waals surface area contributed by atoms with Crippen LogP contribution in [-0.2, 0) is 64.6 Å². The van der Waals surface area contributed by atoms with Crippen LogP contribution >= 0.6 is 0 Å². The van der Waals surface area contributed by atoms with Crippen LogP contribution < -0.4 is 10.2 Å². The molecule has 2 unspecified atom stereocenters. The number of hydrogen-bond donors (Lipinski definition) is 8. The molecule has 0 aliphatic rings. The molecule has 18 nitrogen and oxygen atoms in total. The Hall–Kier alpha value is -3.44. The summed E-state index contributed by atoms with van der Waals surface area (Å²) in [6.07, 6.45) is -2.83. The third-order valence-corrected chi connectivity index (χ3v) is 6.92. The van der Waals surface area contributed by atoms with Crippen molar-refractivity contribution in [1.29, 1.82) is 0 Å². The topological polar surface area (TPSA) is 345 Å². The molecule has 0 rings (SSSR count). The van der Waals surface area contributed by atoms with Gasteiger partial charge >= 0.3 is 62.0 Å². The predicted octanol–water partition coefficient (Wildman–Crippen LogP) is -1.37. The number of hydrogen-bond acceptors (Lipinski definition) is 12. The number of carbonyl (C=O) groups is 8. The average molecular weight is 734 g/mol. The average Bonchev–Trinajstić information content (AvgIpc) is 2.90. The molecule has 2 atom stereocenters. The number of aliphatic hydroxyl groups is 2. The van der Waals surface area contributed by atoms with Crippen LogP contribution in [0.1, 0.15) is 92.9 Å². The van der Waals surface area contributed by atoms with Gasteiger partial charge in [-0.1, -0.05) is 41.5 Å². The van der Waals surface area contributed by atoms with E-state index < -0.39 is 82.6 Å². The van der Waals surface area contributed by atoms with E-state index in [2.05, 4.69) is 0 Å². The Kier molecular flexibility index (Phi) is 26.1. The number of carbonyl (C=O) groups excluding carboxylic acids is 2. The maximum atomic E-state index is 11.2. The minimum atomic E-state index is -2.83. The molecule has 0 aliphatic heterocycles. The molecule has 19 heteroatoms. The third kappa shape index (κ3) is 14.5. The van der Waals surface area contributed by atoms with Gasteiger partial charge in [-0.15, -0.1) is 0 Å². The van der Waals surface area contributed by atoms with E-state index in [0.717, 1.165) is 0 Å². The zero-order valence-electron chi connectivity index (χ0n) is 25.8. The second-order valence-corrected chi connectivity index (χ2v) is 9.11. The second-order valence-electron chi connectivity index (χ2n) is 9.11. The third-order valence-electron chi connectivity index (χ3n) is 6.92. The van der Waals surface area contributed by atoms with Gasteiger partial charge in [-0.25, -0.2) is 9.59 Å². The molecule has 0 spiro atoms. The summed E-state index contributed by atoms with van der Waals surface area (Å²) in [5, 5.41) is 91.8. The van der Waals surface area contributed by atoms with E-state index in [0.29, 0.717) is 0 Å². The van der Waals surface area contributed by atoms with Crippen molar-refractivity contribution >= 4 is 47.8 Å². The molecule has 0 fully saturated rings. The Morgan fingerprint density at radius 2 is 0.644 bits per heavy atom. The Bertz CT molecular complexity index is 937. The molecular formula is C26H42O18Zr. The van der Waals surface area contributed by atoms with E-state index in [-0.39, 0.29) is 64.7 Å². The predicted molar refractivity (Wildman–Crippen MR) is 142 cm³/mol. The monoisotopic (exact) mass is 732 g/mol. The van der Waals surface area contributed by atoms with Gasteiger partial charge in [0.05, 0.1) is 12.8 Å². The van der Waals surface area contributed by atoms with Gasteiger partial charge in [-0.3, -0.25) is 19.2 Å². The van der Waals surface area contributed by atoms with Gasteiger partial charge < -0.3 is 60.7 Å². The molecular weight excluding hydrogens is 691 g/mol. The van der Waals surface area contributed by atoms with E-state index in [1.807, 2.05) is 0 Å². The summed E-state index contributed by atoms with van der Waals surface area (Å²) in [4.78, 5) is 84.2. The maximum absolute atomic E-state index is 11.2. The first-order valence-electron chi connectivity index (χ1n) is 13.1. The molecule has 0 amide bonds. The van der Waals surface area contributed by atoms with Gasteiger partial charge in [0.25, 0.3) is 0 Å². The maximum Gasteiger partial charge on any atom is 2.00 e. The van der Waals surface area contributed by atoms with Crippen molar-refractivity contribution < 1.29 is 116 Å². The summed E-state index contributed by atoms with van der Waals surface area (Å²) >= 11 is 0. The van der Waals surface area contributed by atoms with Gasteiger partial charge in [0.2, 0.25) is 0 Å². The van der Waals surface area contributed by atoms with E-state index in [9.17, 15) is 58.8 Å². The van der Waals surface area contributed by atoms with Crippen LogP contribution in [0.15, 0.2) is 0 Å². The molecule has 0 aromatic carbocycles. The number of aliphatic carboxylic acids is 8. The van der Waals surface area contributed by atoms with Crippen LogP contribution in [0.3, 0.4) is 0 Å². The van der Waals surface area contributed by atoms with Crippen molar-refractivity contribution in [1.82, 2.24) is 0 Å². The van der Waals surface area contributed by atoms with Crippen molar-refractivity contribution in [2.75, 3.05) is 0 Å². The summed E-state index contributed by atoms with van der Waals surface area (Å²) in [7, 11) is 0.